The van der Waals surface area contributed by atoms with E-state index in [9.17, 15) is 18.0 Å². The molecule has 0 unspecified atom stereocenters. The van der Waals surface area contributed by atoms with Crippen LogP contribution in [0.5, 0.6) is 0 Å². The molecule has 7 heteroatoms. The number of amides is 1. The summed E-state index contributed by atoms with van der Waals surface area (Å²) in [5, 5.41) is 11.3. The molecule has 1 aromatic carbocycles. The molecule has 1 saturated carbocycles. The van der Waals surface area contributed by atoms with Crippen LogP contribution in [0.15, 0.2) is 18.2 Å². The van der Waals surface area contributed by atoms with Gasteiger partial charge >= 0.3 is 6.18 Å². The molecule has 1 amide bonds. The third kappa shape index (κ3) is 2.98. The zero-order chi connectivity index (χ0) is 15.8. The lowest BCUT2D eigenvalue weighted by molar-refractivity contribution is -0.137. The van der Waals surface area contributed by atoms with Gasteiger partial charge in [0.05, 0.1) is 17.0 Å². The van der Waals surface area contributed by atoms with Gasteiger partial charge in [-0.05, 0) is 43.5 Å². The minimum absolute atomic E-state index is 0.125. The molecule has 1 aliphatic rings. The highest BCUT2D eigenvalue weighted by atomic mass is 35.5. The number of hydrogen-bond donors (Lipinski definition) is 1. The standard InChI is InChI=1S/C14H12ClF3N2O/c1-8(7-19)20-12(21)13(4-5-13)10-6-9(14(16,17)18)2-3-11(10)15/h2-3,6,8H,4-5H2,1H3,(H,20,21)/t8-/m0/s1. The summed E-state index contributed by atoms with van der Waals surface area (Å²) in [4.78, 5) is 12.2. The Bertz CT molecular complexity index is 618. The maximum Gasteiger partial charge on any atom is 0.416 e. The first-order valence-electron chi connectivity index (χ1n) is 6.28. The van der Waals surface area contributed by atoms with Crippen molar-refractivity contribution in [3.63, 3.8) is 0 Å². The normalized spacial score (nSPS) is 17.7. The number of benzene rings is 1. The zero-order valence-electron chi connectivity index (χ0n) is 11.1. The quantitative estimate of drug-likeness (QED) is 0.929. The molecular weight excluding hydrogens is 305 g/mol. The van der Waals surface area contributed by atoms with Crippen LogP contribution in [-0.4, -0.2) is 11.9 Å². The van der Waals surface area contributed by atoms with E-state index < -0.39 is 29.1 Å². The molecule has 2 rings (SSSR count). The van der Waals surface area contributed by atoms with E-state index in [2.05, 4.69) is 5.32 Å². The van der Waals surface area contributed by atoms with E-state index in [1.807, 2.05) is 6.07 Å². The van der Waals surface area contributed by atoms with E-state index in [1.165, 1.54) is 6.92 Å². The van der Waals surface area contributed by atoms with Crippen LogP contribution < -0.4 is 5.32 Å². The Hall–Kier alpha value is -1.74. The second kappa shape index (κ2) is 5.23. The van der Waals surface area contributed by atoms with Gasteiger partial charge in [-0.3, -0.25) is 4.79 Å². The van der Waals surface area contributed by atoms with Crippen molar-refractivity contribution in [1.82, 2.24) is 5.32 Å². The number of carbonyl (C=O) groups excluding carboxylic acids is 1. The fourth-order valence-electron chi connectivity index (χ4n) is 2.18. The number of rotatable bonds is 3. The van der Waals surface area contributed by atoms with E-state index in [0.717, 1.165) is 18.2 Å². The van der Waals surface area contributed by atoms with Crippen molar-refractivity contribution in [1.29, 1.82) is 5.26 Å². The van der Waals surface area contributed by atoms with Crippen LogP contribution in [0.25, 0.3) is 0 Å². The van der Waals surface area contributed by atoms with E-state index in [0.29, 0.717) is 12.8 Å². The fourth-order valence-corrected chi connectivity index (χ4v) is 2.48. The molecule has 0 bridgehead atoms. The number of halogens is 4. The molecule has 0 saturated heterocycles. The van der Waals surface area contributed by atoms with Crippen LogP contribution in [0.4, 0.5) is 13.2 Å². The number of nitrogens with zero attached hydrogens (tertiary/aromatic N) is 1. The summed E-state index contributed by atoms with van der Waals surface area (Å²) in [6, 6.07) is 4.11. The summed E-state index contributed by atoms with van der Waals surface area (Å²) in [6.07, 6.45) is -3.66. The van der Waals surface area contributed by atoms with Gasteiger partial charge in [0.1, 0.15) is 6.04 Å². The van der Waals surface area contributed by atoms with Crippen molar-refractivity contribution >= 4 is 17.5 Å². The SMILES string of the molecule is C[C@@H](C#N)NC(=O)C1(c2cc(C(F)(F)F)ccc2Cl)CC1. The van der Waals surface area contributed by atoms with E-state index in [1.54, 1.807) is 0 Å². The molecular formula is C14H12ClF3N2O. The predicted octanol–water partition coefficient (Wildman–Crippen LogP) is 3.42. The van der Waals surface area contributed by atoms with Crippen LogP contribution in [0, 0.1) is 11.3 Å². The van der Waals surface area contributed by atoms with E-state index in [-0.39, 0.29) is 10.6 Å². The Morgan fingerprint density at radius 1 is 1.48 bits per heavy atom. The van der Waals surface area contributed by atoms with Crippen LogP contribution in [0.2, 0.25) is 5.02 Å². The molecule has 0 radical (unpaired) electrons. The van der Waals surface area contributed by atoms with Gasteiger partial charge < -0.3 is 5.32 Å². The average molecular weight is 317 g/mol. The minimum atomic E-state index is -4.49. The fraction of sp³-hybridized carbons (Fsp3) is 0.429. The van der Waals surface area contributed by atoms with Gasteiger partial charge in [-0.2, -0.15) is 18.4 Å². The molecule has 1 aromatic rings. The molecule has 0 aliphatic heterocycles. The molecule has 0 aromatic heterocycles. The van der Waals surface area contributed by atoms with E-state index >= 15 is 0 Å². The van der Waals surface area contributed by atoms with Gasteiger partial charge in [-0.1, -0.05) is 11.6 Å². The van der Waals surface area contributed by atoms with Gasteiger partial charge in [0.15, 0.2) is 0 Å². The maximum absolute atomic E-state index is 12.8. The minimum Gasteiger partial charge on any atom is -0.340 e. The highest BCUT2D eigenvalue weighted by molar-refractivity contribution is 6.32. The lowest BCUT2D eigenvalue weighted by Gasteiger charge is -2.19. The average Bonchev–Trinajstić information content (AvgIpc) is 3.19. The highest BCUT2D eigenvalue weighted by Crippen LogP contribution is 2.51. The van der Waals surface area contributed by atoms with Crippen molar-refractivity contribution in [2.75, 3.05) is 0 Å². The van der Waals surface area contributed by atoms with Crippen LogP contribution >= 0.6 is 11.6 Å². The maximum atomic E-state index is 12.8. The molecule has 1 N–H and O–H groups in total. The van der Waals surface area contributed by atoms with Crippen molar-refractivity contribution in [2.45, 2.75) is 37.4 Å². The van der Waals surface area contributed by atoms with Crippen molar-refractivity contribution in [3.05, 3.63) is 34.3 Å². The Kier molecular flexibility index (Phi) is 3.89. The van der Waals surface area contributed by atoms with Gasteiger partial charge in [0, 0.05) is 5.02 Å². The number of carbonyl (C=O) groups is 1. The largest absolute Gasteiger partial charge is 0.416 e. The van der Waals surface area contributed by atoms with Crippen LogP contribution in [0.3, 0.4) is 0 Å². The molecule has 1 fully saturated rings. The van der Waals surface area contributed by atoms with Crippen molar-refractivity contribution in [3.8, 4) is 6.07 Å². The summed E-state index contributed by atoms with van der Waals surface area (Å²) in [7, 11) is 0. The monoisotopic (exact) mass is 316 g/mol. The third-order valence-corrected chi connectivity index (χ3v) is 3.86. The number of hydrogen-bond acceptors (Lipinski definition) is 2. The summed E-state index contributed by atoms with van der Waals surface area (Å²) >= 11 is 5.97. The van der Waals surface area contributed by atoms with E-state index in [4.69, 9.17) is 16.9 Å². The van der Waals surface area contributed by atoms with Crippen LogP contribution in [-0.2, 0) is 16.4 Å². The first-order valence-corrected chi connectivity index (χ1v) is 6.66. The summed E-state index contributed by atoms with van der Waals surface area (Å²) < 4.78 is 38.4. The Labute approximate surface area is 124 Å². The Morgan fingerprint density at radius 2 is 2.10 bits per heavy atom. The van der Waals surface area contributed by atoms with Gasteiger partial charge in [0.2, 0.25) is 5.91 Å². The lowest BCUT2D eigenvalue weighted by atomic mass is 9.93. The molecule has 112 valence electrons. The predicted molar refractivity (Wildman–Crippen MR) is 70.6 cm³/mol. The van der Waals surface area contributed by atoms with Crippen molar-refractivity contribution < 1.29 is 18.0 Å². The summed E-state index contributed by atoms with van der Waals surface area (Å²) in [5.74, 6) is -0.460. The molecule has 0 heterocycles. The van der Waals surface area contributed by atoms with Gasteiger partial charge in [-0.15, -0.1) is 0 Å². The number of nitrogens with one attached hydrogen (secondary N) is 1. The van der Waals surface area contributed by atoms with Crippen LogP contribution in [0.1, 0.15) is 30.9 Å². The van der Waals surface area contributed by atoms with Gasteiger partial charge in [0.25, 0.3) is 0 Å². The summed E-state index contributed by atoms with van der Waals surface area (Å²) in [5.41, 5.74) is -1.72. The first kappa shape index (κ1) is 15.6. The second-order valence-corrected chi connectivity index (χ2v) is 5.51. The summed E-state index contributed by atoms with van der Waals surface area (Å²) in [6.45, 7) is 1.50. The number of nitriles is 1. The van der Waals surface area contributed by atoms with Crippen molar-refractivity contribution in [2.24, 2.45) is 0 Å². The number of alkyl halides is 3. The lowest BCUT2D eigenvalue weighted by Crippen LogP contribution is -2.39. The Balaban J connectivity index is 2.37. The van der Waals surface area contributed by atoms with Gasteiger partial charge in [-0.25, -0.2) is 0 Å². The molecule has 1 atom stereocenters. The molecule has 3 nitrogen and oxygen atoms in total. The topological polar surface area (TPSA) is 52.9 Å². The molecule has 1 aliphatic carbocycles. The second-order valence-electron chi connectivity index (χ2n) is 5.10. The smallest absolute Gasteiger partial charge is 0.340 e. The zero-order valence-corrected chi connectivity index (χ0v) is 11.8. The molecule has 0 spiro atoms. The first-order chi connectivity index (χ1) is 9.70. The highest BCUT2D eigenvalue weighted by Gasteiger charge is 2.53. The molecule has 21 heavy (non-hydrogen) atoms. The third-order valence-electron chi connectivity index (χ3n) is 3.54. The Morgan fingerprint density at radius 3 is 2.57 bits per heavy atom.